The zero-order valence-electron chi connectivity index (χ0n) is 11.2. The molecule has 0 aliphatic heterocycles. The standard InChI is InChI=1S/C14H21NO3/c1-11-6-4-5-7-14(11)18-9-8-15(13(3)17)10-12(2)16/h4-7,12,16H,8-10H2,1-3H3. The number of aryl methyl sites for hydroxylation is 1. The summed E-state index contributed by atoms with van der Waals surface area (Å²) in [4.78, 5) is 12.9. The second kappa shape index (κ2) is 7.01. The number of amides is 1. The Labute approximate surface area is 108 Å². The number of benzene rings is 1. The van der Waals surface area contributed by atoms with E-state index in [1.54, 1.807) is 11.8 Å². The molecule has 0 aromatic heterocycles. The van der Waals surface area contributed by atoms with Crippen molar-refractivity contribution in [3.05, 3.63) is 29.8 Å². The van der Waals surface area contributed by atoms with Crippen LogP contribution in [0.25, 0.3) is 0 Å². The maximum Gasteiger partial charge on any atom is 0.219 e. The Morgan fingerprint density at radius 1 is 1.44 bits per heavy atom. The molecular formula is C14H21NO3. The van der Waals surface area contributed by atoms with Crippen molar-refractivity contribution >= 4 is 5.91 Å². The molecule has 1 atom stereocenters. The van der Waals surface area contributed by atoms with Gasteiger partial charge in [0.25, 0.3) is 0 Å². The summed E-state index contributed by atoms with van der Waals surface area (Å²) >= 11 is 0. The van der Waals surface area contributed by atoms with Crippen molar-refractivity contribution in [3.8, 4) is 5.75 Å². The van der Waals surface area contributed by atoms with E-state index in [1.165, 1.54) is 6.92 Å². The fraction of sp³-hybridized carbons (Fsp3) is 0.500. The molecule has 4 nitrogen and oxygen atoms in total. The van der Waals surface area contributed by atoms with Crippen molar-refractivity contribution in [3.63, 3.8) is 0 Å². The monoisotopic (exact) mass is 251 g/mol. The first-order chi connectivity index (χ1) is 8.50. The first-order valence-electron chi connectivity index (χ1n) is 6.12. The fourth-order valence-corrected chi connectivity index (χ4v) is 1.68. The fourth-order valence-electron chi connectivity index (χ4n) is 1.68. The summed E-state index contributed by atoms with van der Waals surface area (Å²) in [6, 6.07) is 7.76. The molecule has 0 heterocycles. The van der Waals surface area contributed by atoms with E-state index < -0.39 is 6.10 Å². The molecule has 1 unspecified atom stereocenters. The maximum atomic E-state index is 11.3. The van der Waals surface area contributed by atoms with E-state index in [2.05, 4.69) is 0 Å². The van der Waals surface area contributed by atoms with Gasteiger partial charge in [-0.15, -0.1) is 0 Å². The van der Waals surface area contributed by atoms with Crippen LogP contribution in [0.2, 0.25) is 0 Å². The lowest BCUT2D eigenvalue weighted by atomic mass is 10.2. The number of hydrogen-bond donors (Lipinski definition) is 1. The Balaban J connectivity index is 2.44. The van der Waals surface area contributed by atoms with Gasteiger partial charge in [0.15, 0.2) is 0 Å². The van der Waals surface area contributed by atoms with Crippen LogP contribution in [0.3, 0.4) is 0 Å². The number of hydrogen-bond acceptors (Lipinski definition) is 3. The summed E-state index contributed by atoms with van der Waals surface area (Å²) < 4.78 is 5.62. The van der Waals surface area contributed by atoms with E-state index in [4.69, 9.17) is 4.74 Å². The van der Waals surface area contributed by atoms with Crippen LogP contribution in [0, 0.1) is 6.92 Å². The highest BCUT2D eigenvalue weighted by Crippen LogP contribution is 2.15. The van der Waals surface area contributed by atoms with Crippen molar-refractivity contribution in [1.82, 2.24) is 4.90 Å². The molecule has 1 N–H and O–H groups in total. The summed E-state index contributed by atoms with van der Waals surface area (Å²) in [7, 11) is 0. The van der Waals surface area contributed by atoms with Gasteiger partial charge in [0, 0.05) is 13.5 Å². The Morgan fingerprint density at radius 3 is 2.67 bits per heavy atom. The lowest BCUT2D eigenvalue weighted by molar-refractivity contribution is -0.130. The third kappa shape index (κ3) is 4.75. The van der Waals surface area contributed by atoms with Crippen LogP contribution in [0.4, 0.5) is 0 Å². The molecule has 1 aromatic rings. The van der Waals surface area contributed by atoms with E-state index in [1.807, 2.05) is 31.2 Å². The minimum atomic E-state index is -0.521. The van der Waals surface area contributed by atoms with Gasteiger partial charge in [0.1, 0.15) is 12.4 Å². The predicted octanol–water partition coefficient (Wildman–Crippen LogP) is 1.60. The molecule has 0 saturated carbocycles. The van der Waals surface area contributed by atoms with Crippen LogP contribution in [-0.4, -0.2) is 41.7 Å². The molecule has 0 fully saturated rings. The molecule has 1 rings (SSSR count). The number of para-hydroxylation sites is 1. The van der Waals surface area contributed by atoms with Gasteiger partial charge in [0.2, 0.25) is 5.91 Å². The lowest BCUT2D eigenvalue weighted by Gasteiger charge is -2.22. The second-order valence-corrected chi connectivity index (χ2v) is 4.43. The van der Waals surface area contributed by atoms with Crippen LogP contribution in [0.5, 0.6) is 5.75 Å². The van der Waals surface area contributed by atoms with Crippen molar-refractivity contribution in [1.29, 1.82) is 0 Å². The van der Waals surface area contributed by atoms with E-state index in [-0.39, 0.29) is 5.91 Å². The number of carbonyl (C=O) groups excluding carboxylic acids is 1. The lowest BCUT2D eigenvalue weighted by Crippen LogP contribution is -2.37. The summed E-state index contributed by atoms with van der Waals surface area (Å²) in [6.45, 7) is 6.39. The minimum absolute atomic E-state index is 0.0516. The predicted molar refractivity (Wildman–Crippen MR) is 70.6 cm³/mol. The summed E-state index contributed by atoms with van der Waals surface area (Å²) in [6.07, 6.45) is -0.521. The molecule has 0 aliphatic rings. The van der Waals surface area contributed by atoms with Gasteiger partial charge in [-0.1, -0.05) is 18.2 Å². The molecule has 0 spiro atoms. The molecule has 0 radical (unpaired) electrons. The van der Waals surface area contributed by atoms with Crippen molar-refractivity contribution in [2.24, 2.45) is 0 Å². The van der Waals surface area contributed by atoms with Gasteiger partial charge in [-0.3, -0.25) is 4.79 Å². The average Bonchev–Trinajstić information content (AvgIpc) is 2.29. The minimum Gasteiger partial charge on any atom is -0.491 e. The topological polar surface area (TPSA) is 49.8 Å². The van der Waals surface area contributed by atoms with Crippen LogP contribution in [-0.2, 0) is 4.79 Å². The van der Waals surface area contributed by atoms with Crippen molar-refractivity contribution < 1.29 is 14.6 Å². The number of ether oxygens (including phenoxy) is 1. The van der Waals surface area contributed by atoms with Gasteiger partial charge in [-0.2, -0.15) is 0 Å². The van der Waals surface area contributed by atoms with Crippen LogP contribution in [0.15, 0.2) is 24.3 Å². The first-order valence-corrected chi connectivity index (χ1v) is 6.12. The summed E-state index contributed by atoms with van der Waals surface area (Å²) in [5, 5.41) is 9.30. The van der Waals surface area contributed by atoms with Crippen molar-refractivity contribution in [2.45, 2.75) is 26.9 Å². The number of aliphatic hydroxyl groups excluding tert-OH is 1. The smallest absolute Gasteiger partial charge is 0.219 e. The Morgan fingerprint density at radius 2 is 2.11 bits per heavy atom. The van der Waals surface area contributed by atoms with Crippen LogP contribution in [0.1, 0.15) is 19.4 Å². The highest BCUT2D eigenvalue weighted by atomic mass is 16.5. The highest BCUT2D eigenvalue weighted by molar-refractivity contribution is 5.73. The summed E-state index contributed by atoms with van der Waals surface area (Å²) in [5.41, 5.74) is 1.07. The van der Waals surface area contributed by atoms with E-state index in [0.717, 1.165) is 11.3 Å². The quantitative estimate of drug-likeness (QED) is 0.835. The first kappa shape index (κ1) is 14.5. The maximum absolute atomic E-state index is 11.3. The molecule has 1 aromatic carbocycles. The van der Waals surface area contributed by atoms with Crippen LogP contribution >= 0.6 is 0 Å². The molecule has 0 saturated heterocycles. The molecule has 0 aliphatic carbocycles. The Kier molecular flexibility index (Phi) is 5.65. The highest BCUT2D eigenvalue weighted by Gasteiger charge is 2.11. The van der Waals surface area contributed by atoms with E-state index in [9.17, 15) is 9.90 Å². The van der Waals surface area contributed by atoms with E-state index in [0.29, 0.717) is 19.7 Å². The SMILES string of the molecule is CC(=O)N(CCOc1ccccc1C)CC(C)O. The number of carbonyl (C=O) groups is 1. The second-order valence-electron chi connectivity index (χ2n) is 4.43. The van der Waals surface area contributed by atoms with Crippen LogP contribution < -0.4 is 4.74 Å². The third-order valence-electron chi connectivity index (χ3n) is 2.64. The van der Waals surface area contributed by atoms with Gasteiger partial charge in [0.05, 0.1) is 12.6 Å². The number of rotatable bonds is 6. The van der Waals surface area contributed by atoms with E-state index >= 15 is 0 Å². The van der Waals surface area contributed by atoms with Gasteiger partial charge in [-0.05, 0) is 25.5 Å². The molecule has 100 valence electrons. The van der Waals surface area contributed by atoms with Gasteiger partial charge >= 0.3 is 0 Å². The molecule has 1 amide bonds. The molecule has 18 heavy (non-hydrogen) atoms. The summed E-state index contributed by atoms with van der Waals surface area (Å²) in [5.74, 6) is 0.780. The average molecular weight is 251 g/mol. The Bertz CT molecular complexity index is 390. The zero-order valence-corrected chi connectivity index (χ0v) is 11.2. The Hall–Kier alpha value is -1.55. The number of aliphatic hydroxyl groups is 1. The normalized spacial score (nSPS) is 12.0. The van der Waals surface area contributed by atoms with Crippen molar-refractivity contribution in [2.75, 3.05) is 19.7 Å². The molecular weight excluding hydrogens is 230 g/mol. The van der Waals surface area contributed by atoms with Gasteiger partial charge < -0.3 is 14.7 Å². The van der Waals surface area contributed by atoms with Gasteiger partial charge in [-0.25, -0.2) is 0 Å². The largest absolute Gasteiger partial charge is 0.491 e. The molecule has 0 bridgehead atoms. The third-order valence-corrected chi connectivity index (χ3v) is 2.64. The number of nitrogens with zero attached hydrogens (tertiary/aromatic N) is 1. The zero-order chi connectivity index (χ0) is 13.5. The molecule has 4 heteroatoms.